The third-order valence-electron chi connectivity index (χ3n) is 5.27. The molecule has 0 spiro atoms. The van der Waals surface area contributed by atoms with Gasteiger partial charge in [0.25, 0.3) is 0 Å². The van der Waals surface area contributed by atoms with Crippen molar-refractivity contribution in [3.63, 3.8) is 0 Å². The molecule has 3 aromatic carbocycles. The minimum Gasteiger partial charge on any atom is -0.482 e. The maximum atomic E-state index is 13.0. The molecule has 0 saturated carbocycles. The lowest BCUT2D eigenvalue weighted by Crippen LogP contribution is -2.23. The van der Waals surface area contributed by atoms with Gasteiger partial charge in [0, 0.05) is 16.6 Å². The van der Waals surface area contributed by atoms with Crippen LogP contribution in [-0.2, 0) is 25.8 Å². The van der Waals surface area contributed by atoms with Crippen LogP contribution < -0.4 is 10.1 Å². The number of carbonyl (C=O) groups excluding carboxylic acids is 1. The second-order valence-electron chi connectivity index (χ2n) is 7.85. The Kier molecular flexibility index (Phi) is 10.2. The van der Waals surface area contributed by atoms with Gasteiger partial charge in [0.15, 0.2) is 6.61 Å². The van der Waals surface area contributed by atoms with Gasteiger partial charge in [0.1, 0.15) is 5.75 Å². The Morgan fingerprint density at radius 1 is 1.03 bits per heavy atom. The third kappa shape index (κ3) is 7.69. The highest BCUT2D eigenvalue weighted by Crippen LogP contribution is 2.27. The first-order chi connectivity index (χ1) is 17.2. The van der Waals surface area contributed by atoms with Crippen molar-refractivity contribution in [2.45, 2.75) is 29.2 Å². The molecular formula is C26H27Cl2NO6S. The lowest BCUT2D eigenvalue weighted by Gasteiger charge is -2.13. The minimum absolute atomic E-state index is 0.0702. The monoisotopic (exact) mass is 551 g/mol. The van der Waals surface area contributed by atoms with Gasteiger partial charge in [-0.05, 0) is 79.5 Å². The highest BCUT2D eigenvalue weighted by Gasteiger charge is 2.19. The van der Waals surface area contributed by atoms with E-state index in [1.54, 1.807) is 37.3 Å². The molecule has 0 aliphatic rings. The van der Waals surface area contributed by atoms with E-state index in [0.29, 0.717) is 35.3 Å². The molecule has 192 valence electrons. The third-order valence-corrected chi connectivity index (χ3v) is 7.63. The first-order valence-corrected chi connectivity index (χ1v) is 13.5. The Bertz CT molecular complexity index is 1280. The Morgan fingerprint density at radius 3 is 2.42 bits per heavy atom. The van der Waals surface area contributed by atoms with E-state index in [2.05, 4.69) is 5.32 Å². The summed E-state index contributed by atoms with van der Waals surface area (Å²) in [6.07, 6.45) is -0.151. The number of hydrogen-bond acceptors (Lipinski definition) is 7. The van der Waals surface area contributed by atoms with Gasteiger partial charge in [-0.3, -0.25) is 0 Å². The molecule has 3 aromatic rings. The van der Waals surface area contributed by atoms with Crippen LogP contribution in [0, 0.1) is 0 Å². The summed E-state index contributed by atoms with van der Waals surface area (Å²) in [7, 11) is -3.80. The van der Waals surface area contributed by atoms with Gasteiger partial charge >= 0.3 is 5.97 Å². The predicted octanol–water partition coefficient (Wildman–Crippen LogP) is 4.63. The van der Waals surface area contributed by atoms with E-state index in [0.717, 1.165) is 11.1 Å². The number of halogens is 2. The van der Waals surface area contributed by atoms with Crippen LogP contribution in [0.3, 0.4) is 0 Å². The van der Waals surface area contributed by atoms with Crippen LogP contribution in [0.5, 0.6) is 5.75 Å². The van der Waals surface area contributed by atoms with Gasteiger partial charge in [0.2, 0.25) is 9.84 Å². The van der Waals surface area contributed by atoms with Crippen LogP contribution in [0.25, 0.3) is 0 Å². The number of benzene rings is 3. The SMILES string of the molecule is CCOC(=O)COc1ccc(S(=O)(=O)c2ccc(CCNC[C@H](O)c3cccc(Cl)c3)c(Cl)c2)cc1. The number of hydrogen-bond donors (Lipinski definition) is 2. The van der Waals surface area contributed by atoms with Crippen molar-refractivity contribution in [2.24, 2.45) is 0 Å². The lowest BCUT2D eigenvalue weighted by molar-refractivity contribution is -0.145. The fraction of sp³-hybridized carbons (Fsp3) is 0.269. The van der Waals surface area contributed by atoms with Crippen molar-refractivity contribution in [1.29, 1.82) is 0 Å². The lowest BCUT2D eigenvalue weighted by atomic mass is 10.1. The van der Waals surface area contributed by atoms with E-state index >= 15 is 0 Å². The summed E-state index contributed by atoms with van der Waals surface area (Å²) in [5.41, 5.74) is 1.50. The number of ether oxygens (including phenoxy) is 2. The van der Waals surface area contributed by atoms with E-state index in [9.17, 15) is 18.3 Å². The fourth-order valence-corrected chi connectivity index (χ4v) is 5.21. The number of esters is 1. The summed E-state index contributed by atoms with van der Waals surface area (Å²) in [5.74, 6) is -0.153. The van der Waals surface area contributed by atoms with Gasteiger partial charge < -0.3 is 19.9 Å². The molecule has 10 heteroatoms. The maximum absolute atomic E-state index is 13.0. The molecule has 0 saturated heterocycles. The van der Waals surface area contributed by atoms with E-state index in [1.807, 2.05) is 0 Å². The average Bonchev–Trinajstić information content (AvgIpc) is 2.86. The molecule has 7 nitrogen and oxygen atoms in total. The first-order valence-electron chi connectivity index (χ1n) is 11.3. The second kappa shape index (κ2) is 13.1. The van der Waals surface area contributed by atoms with Crippen molar-refractivity contribution in [2.75, 3.05) is 26.3 Å². The quantitative estimate of drug-likeness (QED) is 0.250. The zero-order chi connectivity index (χ0) is 26.1. The molecule has 3 rings (SSSR count). The van der Waals surface area contributed by atoms with E-state index in [-0.39, 0.29) is 23.0 Å². The molecular weight excluding hydrogens is 525 g/mol. The van der Waals surface area contributed by atoms with Crippen LogP contribution in [0.2, 0.25) is 10.0 Å². The zero-order valence-corrected chi connectivity index (χ0v) is 21.9. The highest BCUT2D eigenvalue weighted by atomic mass is 35.5. The molecule has 2 N–H and O–H groups in total. The topological polar surface area (TPSA) is 102 Å². The normalized spacial score (nSPS) is 12.2. The summed E-state index contributed by atoms with van der Waals surface area (Å²) < 4.78 is 36.2. The van der Waals surface area contributed by atoms with Crippen LogP contribution in [-0.4, -0.2) is 45.8 Å². The zero-order valence-electron chi connectivity index (χ0n) is 19.6. The molecule has 0 aromatic heterocycles. The molecule has 0 aliphatic heterocycles. The number of aliphatic hydroxyl groups excluding tert-OH is 1. The van der Waals surface area contributed by atoms with Crippen LogP contribution >= 0.6 is 23.2 Å². The molecule has 0 bridgehead atoms. The number of nitrogens with one attached hydrogen (secondary N) is 1. The summed E-state index contributed by atoms with van der Waals surface area (Å²) in [5, 5.41) is 14.3. The van der Waals surface area contributed by atoms with Gasteiger partial charge in [-0.1, -0.05) is 41.4 Å². The Hall–Kier alpha value is -2.62. The van der Waals surface area contributed by atoms with Crippen molar-refractivity contribution in [3.05, 3.63) is 87.9 Å². The standard InChI is InChI=1S/C26H27Cl2NO6S/c1-2-34-26(31)17-35-21-7-10-22(11-8-21)36(32,33)23-9-6-18(24(28)15-23)12-13-29-16-25(30)19-4-3-5-20(27)14-19/h3-11,14-15,25,29-30H,2,12-13,16-17H2,1H3/t25-/m0/s1. The van der Waals surface area contributed by atoms with Crippen molar-refractivity contribution < 1.29 is 27.8 Å². The maximum Gasteiger partial charge on any atom is 0.344 e. The number of rotatable bonds is 12. The van der Waals surface area contributed by atoms with Gasteiger partial charge in [-0.25, -0.2) is 13.2 Å². The Morgan fingerprint density at radius 2 is 1.75 bits per heavy atom. The molecule has 0 amide bonds. The molecule has 36 heavy (non-hydrogen) atoms. The largest absolute Gasteiger partial charge is 0.482 e. The molecule has 1 atom stereocenters. The summed E-state index contributed by atoms with van der Waals surface area (Å²) in [6, 6.07) is 17.4. The van der Waals surface area contributed by atoms with Crippen molar-refractivity contribution in [3.8, 4) is 5.75 Å². The van der Waals surface area contributed by atoms with E-state index in [1.165, 1.54) is 36.4 Å². The average molecular weight is 552 g/mol. The number of sulfone groups is 1. The number of carbonyl (C=O) groups is 1. The Labute approximate surface area is 220 Å². The van der Waals surface area contributed by atoms with Crippen LogP contribution in [0.4, 0.5) is 0 Å². The van der Waals surface area contributed by atoms with E-state index < -0.39 is 21.9 Å². The Balaban J connectivity index is 1.56. The number of aliphatic hydroxyl groups is 1. The minimum atomic E-state index is -3.80. The molecule has 0 aliphatic carbocycles. The smallest absolute Gasteiger partial charge is 0.344 e. The summed E-state index contributed by atoms with van der Waals surface area (Å²) in [4.78, 5) is 11.5. The van der Waals surface area contributed by atoms with Crippen LogP contribution in [0.1, 0.15) is 24.2 Å². The molecule has 0 radical (unpaired) electrons. The van der Waals surface area contributed by atoms with Gasteiger partial charge in [-0.15, -0.1) is 0 Å². The molecule has 0 heterocycles. The second-order valence-corrected chi connectivity index (χ2v) is 10.6. The fourth-order valence-electron chi connectivity index (χ4n) is 3.39. The van der Waals surface area contributed by atoms with Gasteiger partial charge in [0.05, 0.1) is 22.5 Å². The van der Waals surface area contributed by atoms with Crippen molar-refractivity contribution in [1.82, 2.24) is 5.32 Å². The van der Waals surface area contributed by atoms with Gasteiger partial charge in [-0.2, -0.15) is 0 Å². The molecule has 0 unspecified atom stereocenters. The molecule has 0 fully saturated rings. The van der Waals surface area contributed by atoms with E-state index in [4.69, 9.17) is 32.7 Å². The highest BCUT2D eigenvalue weighted by molar-refractivity contribution is 7.91. The first kappa shape index (κ1) is 28.0. The van der Waals surface area contributed by atoms with Crippen LogP contribution in [0.15, 0.2) is 76.5 Å². The summed E-state index contributed by atoms with van der Waals surface area (Å²) >= 11 is 12.3. The summed E-state index contributed by atoms with van der Waals surface area (Å²) in [6.45, 7) is 2.57. The predicted molar refractivity (Wildman–Crippen MR) is 138 cm³/mol. The van der Waals surface area contributed by atoms with Crippen molar-refractivity contribution >= 4 is 39.0 Å².